The van der Waals surface area contributed by atoms with Gasteiger partial charge in [-0.3, -0.25) is 58.1 Å². The Labute approximate surface area is 545 Å². The number of aliphatic hydroxyl groups excluding tert-OH is 2. The van der Waals surface area contributed by atoms with E-state index in [-0.39, 0.29) is 70.6 Å². The summed E-state index contributed by atoms with van der Waals surface area (Å²) >= 11 is 0. The van der Waals surface area contributed by atoms with Crippen molar-refractivity contribution < 1.29 is 72.4 Å². The highest BCUT2D eigenvalue weighted by molar-refractivity contribution is 6.00. The summed E-state index contributed by atoms with van der Waals surface area (Å²) in [5, 5.41) is 49.2. The number of nitrogens with one attached hydrogen (secondary N) is 10. The summed E-state index contributed by atoms with van der Waals surface area (Å²) in [6, 6.07) is 10.6. The van der Waals surface area contributed by atoms with Gasteiger partial charge in [-0.1, -0.05) is 67.4 Å². The molecule has 10 atom stereocenters. The number of hydrogen-bond donors (Lipinski definition) is 12. The van der Waals surface area contributed by atoms with Gasteiger partial charge in [0.15, 0.2) is 0 Å². The number of aliphatic hydroxyl groups is 2. The van der Waals surface area contributed by atoms with Crippen molar-refractivity contribution in [3.8, 4) is 5.75 Å². The van der Waals surface area contributed by atoms with Crippen LogP contribution in [0.1, 0.15) is 101 Å². The normalized spacial score (nSPS) is 24.4. The molecule has 94 heavy (non-hydrogen) atoms. The highest BCUT2D eigenvalue weighted by Crippen LogP contribution is 2.32. The number of carbonyl (C=O) groups is 11. The summed E-state index contributed by atoms with van der Waals surface area (Å²) in [7, 11) is 2.96. The Morgan fingerprint density at radius 2 is 1.51 bits per heavy atom. The SMILES string of the molecule is CNC(=O)[C@]1(C)CCCN1C(=O)[C@H](Cc1ccc(OC)cc1)NC(=O)[C@@H](NC(=O)[C@@H]1[C@@H]2CCN1C(=O)[C@@H]1Cc3cn(c4ccccc34)CCCCCCNC(=O)CCC(=O)N[C@@H](C)C(=O)N[C@H](CNCO)C(=O)N[C@@H](Cc3cccc(c3)CNC(=O)CO2)C(=O)N1)[C@@H](C)O. The Bertz CT molecular complexity index is 3400. The fraction of sp³-hybridized carbons (Fsp3) is 0.530. The van der Waals surface area contributed by atoms with E-state index in [0.29, 0.717) is 60.4 Å². The summed E-state index contributed by atoms with van der Waals surface area (Å²) in [6.45, 7) is 3.61. The first-order chi connectivity index (χ1) is 45.1. The van der Waals surface area contributed by atoms with Crippen LogP contribution in [0.4, 0.5) is 0 Å². The van der Waals surface area contributed by atoms with Crippen molar-refractivity contribution >= 4 is 75.9 Å². The average molecular weight is 1300 g/mol. The summed E-state index contributed by atoms with van der Waals surface area (Å²) in [5.74, 6) is -7.39. The number of fused-ring (bicyclic) bond motifs is 12. The first kappa shape index (κ1) is 70.9. The van der Waals surface area contributed by atoms with E-state index < -0.39 is 132 Å². The molecular weight excluding hydrogens is 1210 g/mol. The van der Waals surface area contributed by atoms with Crippen LogP contribution < -0.4 is 57.9 Å². The molecule has 2 saturated heterocycles. The van der Waals surface area contributed by atoms with Gasteiger partial charge in [0.1, 0.15) is 60.2 Å². The van der Waals surface area contributed by atoms with Crippen molar-refractivity contribution in [3.05, 3.63) is 101 Å². The van der Waals surface area contributed by atoms with Gasteiger partial charge in [-0.2, -0.15) is 0 Å². The number of hydrogen-bond acceptors (Lipinski definition) is 16. The quantitative estimate of drug-likeness (QED) is 0.0695. The Kier molecular flexibility index (Phi) is 25.0. The second-order valence-corrected chi connectivity index (χ2v) is 24.6. The first-order valence-electron chi connectivity index (χ1n) is 32.2. The molecule has 28 nitrogen and oxygen atoms in total. The van der Waals surface area contributed by atoms with Crippen LogP contribution in [-0.2, 0) is 89.8 Å². The summed E-state index contributed by atoms with van der Waals surface area (Å²) in [4.78, 5) is 160. The first-order valence-corrected chi connectivity index (χ1v) is 32.2. The molecule has 5 heterocycles. The van der Waals surface area contributed by atoms with E-state index >= 15 is 14.4 Å². The molecule has 0 spiro atoms. The van der Waals surface area contributed by atoms with Crippen LogP contribution in [0, 0.1) is 0 Å². The van der Waals surface area contributed by atoms with E-state index in [0.717, 1.165) is 30.2 Å². The van der Waals surface area contributed by atoms with Gasteiger partial charge in [-0.25, -0.2) is 0 Å². The number of para-hydroxylation sites is 1. The van der Waals surface area contributed by atoms with E-state index in [1.54, 1.807) is 55.5 Å². The molecule has 1 aromatic heterocycles. The van der Waals surface area contributed by atoms with E-state index in [4.69, 9.17) is 9.47 Å². The molecule has 8 bridgehead atoms. The van der Waals surface area contributed by atoms with Crippen LogP contribution in [0.5, 0.6) is 5.75 Å². The molecule has 4 aliphatic heterocycles. The summed E-state index contributed by atoms with van der Waals surface area (Å²) < 4.78 is 13.6. The monoisotopic (exact) mass is 1300 g/mol. The lowest BCUT2D eigenvalue weighted by atomic mass is 9.96. The van der Waals surface area contributed by atoms with Crippen LogP contribution in [0.25, 0.3) is 10.9 Å². The number of likely N-dealkylation sites (tertiary alicyclic amines) is 1. The predicted molar refractivity (Wildman–Crippen MR) is 342 cm³/mol. The largest absolute Gasteiger partial charge is 0.497 e. The minimum Gasteiger partial charge on any atom is -0.497 e. The maximum absolute atomic E-state index is 15.9. The lowest BCUT2D eigenvalue weighted by molar-refractivity contribution is -0.148. The molecular formula is C66H89N13O15. The van der Waals surface area contributed by atoms with Gasteiger partial charge in [0.05, 0.1) is 26.0 Å². The van der Waals surface area contributed by atoms with Crippen molar-refractivity contribution in [1.82, 2.24) is 67.5 Å². The maximum atomic E-state index is 15.9. The molecule has 0 saturated carbocycles. The molecule has 3 aromatic carbocycles. The molecule has 4 aromatic rings. The lowest BCUT2D eigenvalue weighted by Gasteiger charge is -2.36. The summed E-state index contributed by atoms with van der Waals surface area (Å²) in [5.41, 5.74) is 1.85. The highest BCUT2D eigenvalue weighted by atomic mass is 16.5. The Hall–Kier alpha value is -8.99. The third kappa shape index (κ3) is 18.2. The van der Waals surface area contributed by atoms with Gasteiger partial charge >= 0.3 is 0 Å². The zero-order valence-corrected chi connectivity index (χ0v) is 53.9. The Morgan fingerprint density at radius 3 is 2.26 bits per heavy atom. The Balaban J connectivity index is 1.17. The van der Waals surface area contributed by atoms with E-state index in [1.807, 2.05) is 35.0 Å². The van der Waals surface area contributed by atoms with E-state index in [9.17, 15) is 48.6 Å². The molecule has 0 aliphatic carbocycles. The topological polar surface area (TPSA) is 378 Å². The zero-order valence-electron chi connectivity index (χ0n) is 53.9. The summed E-state index contributed by atoms with van der Waals surface area (Å²) in [6.07, 6.45) is 1.92. The number of carbonyl (C=O) groups excluding carboxylic acids is 11. The van der Waals surface area contributed by atoms with Crippen LogP contribution in [0.2, 0.25) is 0 Å². The van der Waals surface area contributed by atoms with Crippen molar-refractivity contribution in [1.29, 1.82) is 0 Å². The molecule has 0 radical (unpaired) electrons. The standard InChI is InChI=1S/C66H89N13O15/c1-39-58(85)75-50(35-68-38-80)60(87)72-47-32-42-14-12-15-43(30-42)34-70-55(84)37-94-52-24-29-78(63(90)49(73-59(47)86)33-44-36-77(51-17-9-8-16-46(44)51)27-11-7-6-10-26-69-53(82)22-23-54(83)71-39)57(52)62(89)76-56(40(2)81)61(88)74-48(31-41-18-20-45(93-5)21-19-41)64(91)79-28-13-25-66(79,3)65(92)67-4/h8-9,12,14-21,30,36,39-40,47-50,52,56-57,68,80-81H,6-7,10-11,13,22-29,31-35,37-38H2,1-5H3,(H,67,92)(H,69,82)(H,70,84)(H,71,83)(H,72,87)(H,73,86)(H,74,88)(H,75,85)(H,76,89)/t39-,40+,47-,48-,49-,50+,52-,56-,57-,66-/m0/s1. The highest BCUT2D eigenvalue weighted by Gasteiger charge is 2.49. The van der Waals surface area contributed by atoms with Gasteiger partial charge in [0.25, 0.3) is 0 Å². The number of benzene rings is 3. The van der Waals surface area contributed by atoms with Gasteiger partial charge in [-0.05, 0) is 93.3 Å². The fourth-order valence-corrected chi connectivity index (χ4v) is 12.6. The number of nitrogens with zero attached hydrogens (tertiary/aromatic N) is 3. The number of rotatable bonds is 13. The molecule has 8 rings (SSSR count). The average Bonchev–Trinajstić information content (AvgIpc) is 1.60. The number of aromatic nitrogens is 1. The van der Waals surface area contributed by atoms with Gasteiger partial charge in [-0.15, -0.1) is 0 Å². The molecule has 28 heteroatoms. The number of aryl methyl sites for hydroxylation is 1. The number of ether oxygens (including phenoxy) is 2. The van der Waals surface area contributed by atoms with E-state index in [2.05, 4.69) is 53.2 Å². The van der Waals surface area contributed by atoms with Crippen molar-refractivity contribution in [3.63, 3.8) is 0 Å². The smallest absolute Gasteiger partial charge is 0.246 e. The molecule has 4 aliphatic rings. The predicted octanol–water partition coefficient (Wildman–Crippen LogP) is -1.26. The second kappa shape index (κ2) is 33.2. The lowest BCUT2D eigenvalue weighted by Crippen LogP contribution is -2.64. The third-order valence-corrected chi connectivity index (χ3v) is 17.8. The van der Waals surface area contributed by atoms with Gasteiger partial charge in [0.2, 0.25) is 65.0 Å². The number of amides is 11. The minimum atomic E-state index is -1.79. The molecule has 2 fully saturated rings. The van der Waals surface area contributed by atoms with Crippen LogP contribution in [0.15, 0.2) is 79.0 Å². The van der Waals surface area contributed by atoms with Crippen LogP contribution >= 0.6 is 0 Å². The molecule has 12 N–H and O–H groups in total. The maximum Gasteiger partial charge on any atom is 0.246 e. The number of likely N-dealkylation sites (N-methyl/N-ethyl adjacent to an activating group) is 1. The minimum absolute atomic E-state index is 0.0348. The molecule has 11 amide bonds. The van der Waals surface area contributed by atoms with E-state index in [1.165, 1.54) is 37.8 Å². The third-order valence-electron chi connectivity index (χ3n) is 17.8. The van der Waals surface area contributed by atoms with Gasteiger partial charge in [0, 0.05) is 95.5 Å². The zero-order chi connectivity index (χ0) is 67.6. The molecule has 0 unspecified atom stereocenters. The second-order valence-electron chi connectivity index (χ2n) is 24.6. The van der Waals surface area contributed by atoms with Crippen molar-refractivity contribution in [2.24, 2.45) is 0 Å². The van der Waals surface area contributed by atoms with Crippen LogP contribution in [-0.4, -0.2) is 203 Å². The van der Waals surface area contributed by atoms with Crippen LogP contribution in [0.3, 0.4) is 0 Å². The fourth-order valence-electron chi connectivity index (χ4n) is 12.6. The Morgan fingerprint density at radius 1 is 0.777 bits per heavy atom. The number of methoxy groups -OCH3 is 1. The van der Waals surface area contributed by atoms with Crippen molar-refractivity contribution in [2.45, 2.75) is 171 Å². The van der Waals surface area contributed by atoms with Gasteiger partial charge < -0.3 is 81.9 Å². The van der Waals surface area contributed by atoms with Crippen molar-refractivity contribution in [2.75, 3.05) is 53.7 Å². The molecule has 508 valence electrons.